The highest BCUT2D eigenvalue weighted by molar-refractivity contribution is 6.00. The minimum Gasteiger partial charge on any atom is -0.354 e. The van der Waals surface area contributed by atoms with Crippen molar-refractivity contribution in [3.63, 3.8) is 0 Å². The molecule has 0 radical (unpaired) electrons. The van der Waals surface area contributed by atoms with Gasteiger partial charge in [-0.05, 0) is 34.9 Å². The van der Waals surface area contributed by atoms with Crippen molar-refractivity contribution < 1.29 is 9.72 Å². The van der Waals surface area contributed by atoms with Crippen molar-refractivity contribution in [1.29, 1.82) is 0 Å². The maximum atomic E-state index is 12.0. The lowest BCUT2D eigenvalue weighted by atomic mass is 9.86. The minimum atomic E-state index is -0.581. The average molecular weight is 411 g/mol. The summed E-state index contributed by atoms with van der Waals surface area (Å²) in [5, 5.41) is 15.5. The molecule has 1 atom stereocenters. The number of aromatic nitrogens is 1. The molecule has 0 aliphatic rings. The monoisotopic (exact) mass is 411 g/mol. The number of nitrogens with one attached hydrogen (secondary N) is 2. The number of benzene rings is 3. The first kappa shape index (κ1) is 20.1. The van der Waals surface area contributed by atoms with Gasteiger partial charge in [0.1, 0.15) is 0 Å². The van der Waals surface area contributed by atoms with E-state index >= 15 is 0 Å². The van der Waals surface area contributed by atoms with Crippen LogP contribution in [0, 0.1) is 10.1 Å². The number of carbonyl (C=O) groups excluding carboxylic acids is 1. The Hall–Kier alpha value is -4.19. The van der Waals surface area contributed by atoms with E-state index in [1.54, 1.807) is 12.1 Å². The molecule has 2 N–H and O–H groups in total. The van der Waals surface area contributed by atoms with Crippen molar-refractivity contribution in [2.75, 3.05) is 11.9 Å². The van der Waals surface area contributed by atoms with E-state index in [2.05, 4.69) is 16.9 Å². The smallest absolute Gasteiger partial charge is 0.247 e. The van der Waals surface area contributed by atoms with Crippen LogP contribution in [-0.4, -0.2) is 22.4 Å². The molecule has 0 fully saturated rings. The van der Waals surface area contributed by atoms with Crippen molar-refractivity contribution >= 4 is 22.5 Å². The lowest BCUT2D eigenvalue weighted by molar-refractivity contribution is -0.481. The van der Waals surface area contributed by atoms with Crippen LogP contribution in [0.15, 0.2) is 91.5 Å². The van der Waals surface area contributed by atoms with E-state index in [9.17, 15) is 14.9 Å². The summed E-state index contributed by atoms with van der Waals surface area (Å²) in [5.74, 6) is -0.947. The molecular formula is C25H21N3O3. The largest absolute Gasteiger partial charge is 0.354 e. The predicted molar refractivity (Wildman–Crippen MR) is 123 cm³/mol. The summed E-state index contributed by atoms with van der Waals surface area (Å²) in [4.78, 5) is 26.9. The van der Waals surface area contributed by atoms with E-state index in [0.717, 1.165) is 27.7 Å². The number of nitrogens with zero attached hydrogens (tertiary/aromatic N) is 1. The number of para-hydroxylation sites is 2. The molecule has 154 valence electrons. The van der Waals surface area contributed by atoms with Crippen LogP contribution in [0.25, 0.3) is 22.2 Å². The number of carbonyl (C=O) groups is 1. The lowest BCUT2D eigenvalue weighted by Crippen LogP contribution is -2.18. The average Bonchev–Trinajstić information content (AvgIpc) is 3.18. The minimum absolute atomic E-state index is 0.312. The van der Waals surface area contributed by atoms with Crippen molar-refractivity contribution in [3.05, 3.63) is 113 Å². The predicted octanol–water partition coefficient (Wildman–Crippen LogP) is 5.37. The molecule has 4 rings (SSSR count). The first-order valence-corrected chi connectivity index (χ1v) is 9.88. The first-order chi connectivity index (χ1) is 15.1. The van der Waals surface area contributed by atoms with Gasteiger partial charge in [-0.2, -0.15) is 0 Å². The van der Waals surface area contributed by atoms with Gasteiger partial charge >= 0.3 is 0 Å². The fraction of sp³-hybridized carbons (Fsp3) is 0.0800. The highest BCUT2D eigenvalue weighted by atomic mass is 16.6. The van der Waals surface area contributed by atoms with Gasteiger partial charge in [-0.25, -0.2) is 0 Å². The number of hydrogen-bond donors (Lipinski definition) is 2. The first-order valence-electron chi connectivity index (χ1n) is 9.88. The maximum Gasteiger partial charge on any atom is 0.247 e. The van der Waals surface area contributed by atoms with Crippen LogP contribution in [0.5, 0.6) is 0 Å². The van der Waals surface area contributed by atoms with E-state index < -0.39 is 5.92 Å². The van der Waals surface area contributed by atoms with Gasteiger partial charge in [0, 0.05) is 21.5 Å². The third-order valence-corrected chi connectivity index (χ3v) is 5.27. The van der Waals surface area contributed by atoms with Gasteiger partial charge in [0.15, 0.2) is 0 Å². The fourth-order valence-electron chi connectivity index (χ4n) is 3.95. The van der Waals surface area contributed by atoms with Gasteiger partial charge in [0.2, 0.25) is 12.5 Å². The highest BCUT2D eigenvalue weighted by Gasteiger charge is 2.29. The summed E-state index contributed by atoms with van der Waals surface area (Å²) in [5.41, 5.74) is 4.71. The van der Waals surface area contributed by atoms with Crippen LogP contribution in [-0.2, 0) is 4.79 Å². The molecule has 3 aromatic carbocycles. The van der Waals surface area contributed by atoms with Crippen LogP contribution in [0.4, 0.5) is 5.69 Å². The number of rotatable bonds is 7. The molecule has 31 heavy (non-hydrogen) atoms. The molecule has 6 nitrogen and oxygen atoms in total. The standard InChI is InChI=1S/C25H21N3O3/c1-2-23(29)26-21-14-8-6-12-18(21)20(16-28(30)31)24-19-13-7-9-15-22(19)27-25(24)17-10-4-3-5-11-17/h2-15,20,27H,1,16H2,(H,26,29). The van der Waals surface area contributed by atoms with E-state index in [4.69, 9.17) is 0 Å². The summed E-state index contributed by atoms with van der Waals surface area (Å²) < 4.78 is 0. The van der Waals surface area contributed by atoms with Crippen molar-refractivity contribution in [2.24, 2.45) is 0 Å². The van der Waals surface area contributed by atoms with Crippen LogP contribution in [0.2, 0.25) is 0 Å². The van der Waals surface area contributed by atoms with Crippen molar-refractivity contribution in [1.82, 2.24) is 4.98 Å². The van der Waals surface area contributed by atoms with E-state index in [-0.39, 0.29) is 17.4 Å². The fourth-order valence-corrected chi connectivity index (χ4v) is 3.95. The Morgan fingerprint density at radius 2 is 1.71 bits per heavy atom. The number of aromatic amines is 1. The van der Waals surface area contributed by atoms with Gasteiger partial charge in [-0.3, -0.25) is 14.9 Å². The quantitative estimate of drug-likeness (QED) is 0.243. The Balaban J connectivity index is 1.98. The number of fused-ring (bicyclic) bond motifs is 1. The summed E-state index contributed by atoms with van der Waals surface area (Å²) in [6, 6.07) is 24.7. The zero-order valence-corrected chi connectivity index (χ0v) is 16.7. The molecule has 0 aliphatic heterocycles. The van der Waals surface area contributed by atoms with Gasteiger partial charge in [0.05, 0.1) is 11.6 Å². The molecule has 1 unspecified atom stereocenters. The summed E-state index contributed by atoms with van der Waals surface area (Å²) in [6.45, 7) is 3.18. The van der Waals surface area contributed by atoms with Gasteiger partial charge in [-0.15, -0.1) is 0 Å². The second-order valence-electron chi connectivity index (χ2n) is 7.17. The molecular weight excluding hydrogens is 390 g/mol. The molecule has 1 heterocycles. The van der Waals surface area contributed by atoms with Gasteiger partial charge in [0.25, 0.3) is 0 Å². The zero-order valence-electron chi connectivity index (χ0n) is 16.7. The molecule has 0 spiro atoms. The molecule has 6 heteroatoms. The van der Waals surface area contributed by atoms with Crippen LogP contribution >= 0.6 is 0 Å². The Morgan fingerprint density at radius 3 is 2.45 bits per heavy atom. The third kappa shape index (κ3) is 4.09. The third-order valence-electron chi connectivity index (χ3n) is 5.27. The van der Waals surface area contributed by atoms with Gasteiger partial charge in [-0.1, -0.05) is 73.3 Å². The van der Waals surface area contributed by atoms with Gasteiger partial charge < -0.3 is 10.3 Å². The molecule has 0 saturated heterocycles. The molecule has 0 aliphatic carbocycles. The Kier molecular flexibility index (Phi) is 5.62. The topological polar surface area (TPSA) is 88.0 Å². The summed E-state index contributed by atoms with van der Waals surface area (Å²) in [7, 11) is 0. The van der Waals surface area contributed by atoms with E-state index in [1.807, 2.05) is 66.7 Å². The number of anilines is 1. The molecule has 1 aromatic heterocycles. The lowest BCUT2D eigenvalue weighted by Gasteiger charge is -2.19. The second-order valence-corrected chi connectivity index (χ2v) is 7.17. The molecule has 0 bridgehead atoms. The molecule has 4 aromatic rings. The Bertz CT molecular complexity index is 1260. The molecule has 1 amide bonds. The van der Waals surface area contributed by atoms with E-state index in [1.165, 1.54) is 6.08 Å². The summed E-state index contributed by atoms with van der Waals surface area (Å²) in [6.07, 6.45) is 1.18. The SMILES string of the molecule is C=CC(=O)Nc1ccccc1C(C[N+](=O)[O-])c1c(-c2ccccc2)[nH]c2ccccc12. The van der Waals surface area contributed by atoms with Crippen LogP contribution in [0.1, 0.15) is 17.0 Å². The zero-order chi connectivity index (χ0) is 21.8. The number of H-pyrrole nitrogens is 1. The van der Waals surface area contributed by atoms with Crippen molar-refractivity contribution in [3.8, 4) is 11.3 Å². The second kappa shape index (κ2) is 8.67. The number of amides is 1. The normalized spacial score (nSPS) is 11.7. The number of nitro groups is 1. The maximum absolute atomic E-state index is 12.0. The Labute approximate surface area is 179 Å². The Morgan fingerprint density at radius 1 is 1.03 bits per heavy atom. The summed E-state index contributed by atoms with van der Waals surface area (Å²) >= 11 is 0. The highest BCUT2D eigenvalue weighted by Crippen LogP contribution is 2.41. The van der Waals surface area contributed by atoms with Crippen LogP contribution in [0.3, 0.4) is 0 Å². The van der Waals surface area contributed by atoms with Crippen molar-refractivity contribution in [2.45, 2.75) is 5.92 Å². The molecule has 0 saturated carbocycles. The van der Waals surface area contributed by atoms with Crippen LogP contribution < -0.4 is 5.32 Å². The van der Waals surface area contributed by atoms with E-state index in [0.29, 0.717) is 11.3 Å². The number of hydrogen-bond acceptors (Lipinski definition) is 3.